The number of hydrogen-bond acceptors (Lipinski definition) is 6. The highest BCUT2D eigenvalue weighted by Crippen LogP contribution is 2.39. The average molecular weight is 415 g/mol. The first-order chi connectivity index (χ1) is 13.9. The fraction of sp³-hybridized carbons (Fsp3) is 0.286. The van der Waals surface area contributed by atoms with Gasteiger partial charge in [0, 0.05) is 12.2 Å². The first-order valence-electron chi connectivity index (χ1n) is 8.91. The highest BCUT2D eigenvalue weighted by molar-refractivity contribution is 6.32. The SMILES string of the molecule is Cc1cc(C)cc(N(CCC#N)C(=O)COC(=O)c2cc(Cl)c3c(c2)OCO3)c1. The summed E-state index contributed by atoms with van der Waals surface area (Å²) in [6, 6.07) is 10.6. The third kappa shape index (κ3) is 4.79. The monoisotopic (exact) mass is 414 g/mol. The number of nitrogens with zero attached hydrogens (tertiary/aromatic N) is 2. The smallest absolute Gasteiger partial charge is 0.338 e. The molecule has 2 aromatic carbocycles. The van der Waals surface area contributed by atoms with E-state index in [1.165, 1.54) is 17.0 Å². The zero-order chi connectivity index (χ0) is 21.0. The molecule has 0 unspecified atom stereocenters. The van der Waals surface area contributed by atoms with Crippen molar-refractivity contribution in [2.24, 2.45) is 0 Å². The summed E-state index contributed by atoms with van der Waals surface area (Å²) in [5.41, 5.74) is 2.79. The zero-order valence-electron chi connectivity index (χ0n) is 16.0. The number of ether oxygens (including phenoxy) is 3. The molecule has 29 heavy (non-hydrogen) atoms. The van der Waals surface area contributed by atoms with E-state index < -0.39 is 18.5 Å². The second-order valence-corrected chi connectivity index (χ2v) is 6.97. The summed E-state index contributed by atoms with van der Waals surface area (Å²) < 4.78 is 15.6. The number of aryl methyl sites for hydroxylation is 2. The highest BCUT2D eigenvalue weighted by Gasteiger charge is 2.23. The Morgan fingerprint density at radius 1 is 1.17 bits per heavy atom. The molecule has 1 aliphatic rings. The molecule has 0 atom stereocenters. The van der Waals surface area contributed by atoms with Gasteiger partial charge in [-0.1, -0.05) is 17.7 Å². The normalized spacial score (nSPS) is 11.7. The Balaban J connectivity index is 1.72. The molecule has 0 aromatic heterocycles. The maximum Gasteiger partial charge on any atom is 0.338 e. The van der Waals surface area contributed by atoms with E-state index in [-0.39, 0.29) is 30.3 Å². The third-order valence-corrected chi connectivity index (χ3v) is 4.54. The zero-order valence-corrected chi connectivity index (χ0v) is 16.8. The lowest BCUT2D eigenvalue weighted by Crippen LogP contribution is -2.35. The molecule has 0 saturated carbocycles. The van der Waals surface area contributed by atoms with E-state index in [1.807, 2.05) is 38.1 Å². The van der Waals surface area contributed by atoms with Gasteiger partial charge in [-0.25, -0.2) is 4.79 Å². The van der Waals surface area contributed by atoms with Crippen LogP contribution in [0.1, 0.15) is 27.9 Å². The van der Waals surface area contributed by atoms with Crippen LogP contribution in [0.15, 0.2) is 30.3 Å². The molecule has 0 spiro atoms. The molecule has 2 aromatic rings. The van der Waals surface area contributed by atoms with Gasteiger partial charge in [0.15, 0.2) is 18.1 Å². The van der Waals surface area contributed by atoms with Crippen LogP contribution in [0.25, 0.3) is 0 Å². The van der Waals surface area contributed by atoms with Gasteiger partial charge in [-0.15, -0.1) is 0 Å². The van der Waals surface area contributed by atoms with Gasteiger partial charge >= 0.3 is 5.97 Å². The quantitative estimate of drug-likeness (QED) is 0.668. The molecule has 150 valence electrons. The average Bonchev–Trinajstić information content (AvgIpc) is 3.15. The van der Waals surface area contributed by atoms with E-state index in [1.54, 1.807) is 0 Å². The third-order valence-electron chi connectivity index (χ3n) is 4.26. The van der Waals surface area contributed by atoms with Gasteiger partial charge in [-0.05, 0) is 49.2 Å². The molecule has 0 N–H and O–H groups in total. The van der Waals surface area contributed by atoms with E-state index >= 15 is 0 Å². The van der Waals surface area contributed by atoms with E-state index in [2.05, 4.69) is 0 Å². The van der Waals surface area contributed by atoms with Crippen LogP contribution < -0.4 is 14.4 Å². The van der Waals surface area contributed by atoms with Crippen LogP contribution in [0, 0.1) is 25.2 Å². The van der Waals surface area contributed by atoms with Crippen LogP contribution in [0.5, 0.6) is 11.5 Å². The van der Waals surface area contributed by atoms with Crippen molar-refractivity contribution in [1.29, 1.82) is 5.26 Å². The molecule has 3 rings (SSSR count). The molecule has 0 bridgehead atoms. The molecule has 1 aliphatic heterocycles. The number of amides is 1. The minimum atomic E-state index is -0.709. The van der Waals surface area contributed by atoms with Crippen LogP contribution in [-0.4, -0.2) is 31.8 Å². The number of carbonyl (C=O) groups excluding carboxylic acids is 2. The summed E-state index contributed by atoms with van der Waals surface area (Å²) in [6.45, 7) is 3.60. The van der Waals surface area contributed by atoms with Crippen molar-refractivity contribution in [3.05, 3.63) is 52.0 Å². The molecule has 0 fully saturated rings. The van der Waals surface area contributed by atoms with Crippen molar-refractivity contribution < 1.29 is 23.8 Å². The summed E-state index contributed by atoms with van der Waals surface area (Å²) in [4.78, 5) is 26.6. The first kappa shape index (κ1) is 20.5. The standard InChI is InChI=1S/C21H19ClN2O5/c1-13-6-14(2)8-16(7-13)24(5-3-4-23)19(25)11-27-21(26)15-9-17(22)20-18(10-15)28-12-29-20/h6-10H,3,5,11-12H2,1-2H3. The summed E-state index contributed by atoms with van der Waals surface area (Å²) in [6.07, 6.45) is 0.157. The van der Waals surface area contributed by atoms with Gasteiger partial charge in [-0.3, -0.25) is 4.79 Å². The van der Waals surface area contributed by atoms with Gasteiger partial charge in [0.25, 0.3) is 5.91 Å². The number of carbonyl (C=O) groups is 2. The number of hydrogen-bond donors (Lipinski definition) is 0. The number of nitriles is 1. The largest absolute Gasteiger partial charge is 0.454 e. The Labute approximate surface area is 173 Å². The minimum Gasteiger partial charge on any atom is -0.454 e. The fourth-order valence-electron chi connectivity index (χ4n) is 3.04. The maximum atomic E-state index is 12.7. The predicted molar refractivity (Wildman–Crippen MR) is 106 cm³/mol. The van der Waals surface area contributed by atoms with Crippen LogP contribution in [0.3, 0.4) is 0 Å². The molecular weight excluding hydrogens is 396 g/mol. The second kappa shape index (κ2) is 8.84. The van der Waals surface area contributed by atoms with Crippen molar-refractivity contribution >= 4 is 29.2 Å². The predicted octanol–water partition coefficient (Wildman–Crippen LogP) is 3.79. The van der Waals surface area contributed by atoms with Gasteiger partial charge in [0.05, 0.1) is 23.1 Å². The maximum absolute atomic E-state index is 12.7. The van der Waals surface area contributed by atoms with Crippen molar-refractivity contribution in [3.63, 3.8) is 0 Å². The van der Waals surface area contributed by atoms with Crippen LogP contribution >= 0.6 is 11.6 Å². The van der Waals surface area contributed by atoms with E-state index in [4.69, 9.17) is 31.1 Å². The Hall–Kier alpha value is -3.24. The highest BCUT2D eigenvalue weighted by atomic mass is 35.5. The molecule has 0 saturated heterocycles. The molecule has 1 heterocycles. The van der Waals surface area contributed by atoms with Gasteiger partial charge in [-0.2, -0.15) is 5.26 Å². The number of esters is 1. The lowest BCUT2D eigenvalue weighted by molar-refractivity contribution is -0.121. The van der Waals surface area contributed by atoms with E-state index in [9.17, 15) is 9.59 Å². The number of fused-ring (bicyclic) bond motifs is 1. The Morgan fingerprint density at radius 2 is 1.90 bits per heavy atom. The van der Waals surface area contributed by atoms with Crippen molar-refractivity contribution in [2.45, 2.75) is 20.3 Å². The first-order valence-corrected chi connectivity index (χ1v) is 9.28. The minimum absolute atomic E-state index is 0.0236. The molecule has 1 amide bonds. The molecule has 0 radical (unpaired) electrons. The van der Waals surface area contributed by atoms with Gasteiger partial charge in [0.1, 0.15) is 0 Å². The molecule has 7 nitrogen and oxygen atoms in total. The van der Waals surface area contributed by atoms with Crippen molar-refractivity contribution in [1.82, 2.24) is 0 Å². The Kier molecular flexibility index (Phi) is 6.25. The van der Waals surface area contributed by atoms with E-state index in [0.29, 0.717) is 17.2 Å². The van der Waals surface area contributed by atoms with Gasteiger partial charge in [0.2, 0.25) is 6.79 Å². The number of rotatable bonds is 6. The number of benzene rings is 2. The summed E-state index contributed by atoms with van der Waals surface area (Å²) >= 11 is 6.08. The molecule has 8 heteroatoms. The van der Waals surface area contributed by atoms with Crippen LogP contribution in [0.4, 0.5) is 5.69 Å². The van der Waals surface area contributed by atoms with Crippen molar-refractivity contribution in [3.8, 4) is 17.6 Å². The molecular formula is C21H19ClN2O5. The summed E-state index contributed by atoms with van der Waals surface area (Å²) in [7, 11) is 0. The lowest BCUT2D eigenvalue weighted by atomic mass is 10.1. The summed E-state index contributed by atoms with van der Waals surface area (Å²) in [5, 5.41) is 9.14. The van der Waals surface area contributed by atoms with Crippen LogP contribution in [-0.2, 0) is 9.53 Å². The molecule has 0 aliphatic carbocycles. The van der Waals surface area contributed by atoms with Crippen LogP contribution in [0.2, 0.25) is 5.02 Å². The second-order valence-electron chi connectivity index (χ2n) is 6.57. The van der Waals surface area contributed by atoms with E-state index in [0.717, 1.165) is 11.1 Å². The number of anilines is 1. The summed E-state index contributed by atoms with van der Waals surface area (Å²) in [5.74, 6) is -0.414. The topological polar surface area (TPSA) is 88.9 Å². The number of halogens is 1. The van der Waals surface area contributed by atoms with Gasteiger partial charge < -0.3 is 19.1 Å². The Bertz CT molecular complexity index is 979. The fourth-order valence-corrected chi connectivity index (χ4v) is 3.31. The lowest BCUT2D eigenvalue weighted by Gasteiger charge is -2.22. The Morgan fingerprint density at radius 3 is 2.59 bits per heavy atom. The van der Waals surface area contributed by atoms with Crippen molar-refractivity contribution in [2.75, 3.05) is 24.8 Å².